The molecule has 114 valence electrons. The molecular weight excluding hydrogens is 242 g/mol. The lowest BCUT2D eigenvalue weighted by atomic mass is 9.76. The smallest absolute Gasteiger partial charge is 0.104 e. The summed E-state index contributed by atoms with van der Waals surface area (Å²) >= 11 is 0. The first-order chi connectivity index (χ1) is 9.26. The van der Waals surface area contributed by atoms with Gasteiger partial charge in [-0.3, -0.25) is 0 Å². The molecule has 0 heterocycles. The molecule has 2 rings (SSSR count). The van der Waals surface area contributed by atoms with Gasteiger partial charge in [0.15, 0.2) is 0 Å². The van der Waals surface area contributed by atoms with Gasteiger partial charge in [-0.2, -0.15) is 0 Å². The zero-order valence-electron chi connectivity index (χ0n) is 14.3. The highest BCUT2D eigenvalue weighted by molar-refractivity contribution is 5.36. The van der Waals surface area contributed by atoms with Gasteiger partial charge in [-0.05, 0) is 49.5 Å². The van der Waals surface area contributed by atoms with Crippen molar-refractivity contribution in [1.29, 1.82) is 0 Å². The lowest BCUT2D eigenvalue weighted by molar-refractivity contribution is -0.865. The number of quaternary nitrogens is 1. The third kappa shape index (κ3) is 3.97. The van der Waals surface area contributed by atoms with Crippen LogP contribution in [0.3, 0.4) is 0 Å². The van der Waals surface area contributed by atoms with Crippen LogP contribution in [0.1, 0.15) is 52.4 Å². The quantitative estimate of drug-likeness (QED) is 0.647. The Kier molecular flexibility index (Phi) is 4.79. The van der Waals surface area contributed by atoms with Crippen LogP contribution in [0, 0.1) is 17.8 Å². The summed E-state index contributed by atoms with van der Waals surface area (Å²) in [6, 6.07) is 0. The first-order valence-corrected chi connectivity index (χ1v) is 8.43. The van der Waals surface area contributed by atoms with Crippen LogP contribution < -0.4 is 0 Å². The average Bonchev–Trinajstić information content (AvgIpc) is 2.69. The SMILES string of the molecule is C=C1CC(CC2CCCC2C)CC(C)=C1C[N+](C)(C)C. The monoisotopic (exact) mass is 276 g/mol. The zero-order valence-corrected chi connectivity index (χ0v) is 14.3. The van der Waals surface area contributed by atoms with Gasteiger partial charge < -0.3 is 4.48 Å². The van der Waals surface area contributed by atoms with Crippen LogP contribution in [0.15, 0.2) is 23.3 Å². The summed E-state index contributed by atoms with van der Waals surface area (Å²) in [5.41, 5.74) is 4.61. The third-order valence-electron chi connectivity index (χ3n) is 5.38. The summed E-state index contributed by atoms with van der Waals surface area (Å²) in [5.74, 6) is 2.81. The van der Waals surface area contributed by atoms with E-state index in [4.69, 9.17) is 0 Å². The van der Waals surface area contributed by atoms with E-state index in [2.05, 4.69) is 41.6 Å². The topological polar surface area (TPSA) is 0 Å². The summed E-state index contributed by atoms with van der Waals surface area (Å²) in [6.45, 7) is 10.3. The Bertz CT molecular complexity index is 396. The van der Waals surface area contributed by atoms with E-state index in [1.54, 1.807) is 11.1 Å². The molecule has 0 aliphatic heterocycles. The predicted octanol–water partition coefficient (Wildman–Crippen LogP) is 4.80. The Hall–Kier alpha value is -0.560. The number of nitrogens with zero attached hydrogens (tertiary/aromatic N) is 1. The van der Waals surface area contributed by atoms with Crippen LogP contribution >= 0.6 is 0 Å². The van der Waals surface area contributed by atoms with E-state index >= 15 is 0 Å². The van der Waals surface area contributed by atoms with Crippen molar-refractivity contribution in [2.24, 2.45) is 17.8 Å². The Morgan fingerprint density at radius 1 is 1.15 bits per heavy atom. The van der Waals surface area contributed by atoms with Crippen molar-refractivity contribution in [3.63, 3.8) is 0 Å². The van der Waals surface area contributed by atoms with Gasteiger partial charge in [0.25, 0.3) is 0 Å². The first-order valence-electron chi connectivity index (χ1n) is 8.43. The van der Waals surface area contributed by atoms with E-state index in [1.165, 1.54) is 44.1 Å². The normalized spacial score (nSPS) is 32.0. The van der Waals surface area contributed by atoms with E-state index in [0.29, 0.717) is 0 Å². The minimum absolute atomic E-state index is 0.865. The van der Waals surface area contributed by atoms with Crippen molar-refractivity contribution in [3.8, 4) is 0 Å². The standard InChI is InChI=1S/C19H34N/c1-14-8-7-9-18(14)12-17-10-15(2)19(16(3)11-17)13-20(4,5)6/h14,17-18H,2,7-13H2,1,3-6H3/q+1. The molecule has 0 aromatic rings. The molecule has 3 atom stereocenters. The highest BCUT2D eigenvalue weighted by Crippen LogP contribution is 2.42. The highest BCUT2D eigenvalue weighted by Gasteiger charge is 2.30. The van der Waals surface area contributed by atoms with E-state index in [9.17, 15) is 0 Å². The van der Waals surface area contributed by atoms with Gasteiger partial charge in [0, 0.05) is 5.57 Å². The number of hydrogen-bond acceptors (Lipinski definition) is 0. The van der Waals surface area contributed by atoms with Gasteiger partial charge in [-0.1, -0.05) is 38.3 Å². The summed E-state index contributed by atoms with van der Waals surface area (Å²) < 4.78 is 1.01. The molecule has 1 fully saturated rings. The van der Waals surface area contributed by atoms with Gasteiger partial charge in [0.2, 0.25) is 0 Å². The number of rotatable bonds is 4. The van der Waals surface area contributed by atoms with Crippen LogP contribution in [0.25, 0.3) is 0 Å². The van der Waals surface area contributed by atoms with Crippen molar-refractivity contribution in [2.75, 3.05) is 27.7 Å². The lowest BCUT2D eigenvalue weighted by Crippen LogP contribution is -2.37. The molecule has 1 saturated carbocycles. The molecule has 1 heteroatoms. The van der Waals surface area contributed by atoms with Crippen molar-refractivity contribution in [1.82, 2.24) is 0 Å². The first kappa shape index (κ1) is 15.8. The maximum atomic E-state index is 4.41. The van der Waals surface area contributed by atoms with Gasteiger partial charge in [0.05, 0.1) is 21.1 Å². The predicted molar refractivity (Wildman–Crippen MR) is 88.6 cm³/mol. The molecular formula is C19H34N+. The third-order valence-corrected chi connectivity index (χ3v) is 5.38. The largest absolute Gasteiger partial charge is 0.327 e. The molecule has 0 saturated heterocycles. The number of likely N-dealkylation sites (N-methyl/N-ethyl adjacent to an activating group) is 1. The van der Waals surface area contributed by atoms with Crippen molar-refractivity contribution in [3.05, 3.63) is 23.3 Å². The van der Waals surface area contributed by atoms with Gasteiger partial charge >= 0.3 is 0 Å². The fourth-order valence-corrected chi connectivity index (χ4v) is 4.29. The molecule has 2 aliphatic carbocycles. The zero-order chi connectivity index (χ0) is 14.9. The Morgan fingerprint density at radius 2 is 1.85 bits per heavy atom. The highest BCUT2D eigenvalue weighted by atomic mass is 15.3. The number of allylic oxidation sites excluding steroid dienone is 1. The second-order valence-electron chi connectivity index (χ2n) is 8.49. The minimum atomic E-state index is 0.865. The van der Waals surface area contributed by atoms with Crippen LogP contribution in [-0.4, -0.2) is 32.2 Å². The Morgan fingerprint density at radius 3 is 2.35 bits per heavy atom. The van der Waals surface area contributed by atoms with Gasteiger partial charge in [0.1, 0.15) is 6.54 Å². The van der Waals surface area contributed by atoms with Crippen LogP contribution in [0.5, 0.6) is 0 Å². The fraction of sp³-hybridized carbons (Fsp3) is 0.789. The second-order valence-corrected chi connectivity index (χ2v) is 8.49. The van der Waals surface area contributed by atoms with Crippen LogP contribution in [0.2, 0.25) is 0 Å². The van der Waals surface area contributed by atoms with Crippen molar-refractivity contribution in [2.45, 2.75) is 52.4 Å². The Balaban J connectivity index is 2.00. The molecule has 0 spiro atoms. The second kappa shape index (κ2) is 6.05. The van der Waals surface area contributed by atoms with E-state index < -0.39 is 0 Å². The van der Waals surface area contributed by atoms with Gasteiger partial charge in [-0.25, -0.2) is 0 Å². The molecule has 0 amide bonds. The fourth-order valence-electron chi connectivity index (χ4n) is 4.29. The van der Waals surface area contributed by atoms with Crippen LogP contribution in [-0.2, 0) is 0 Å². The lowest BCUT2D eigenvalue weighted by Gasteiger charge is -2.33. The molecule has 0 radical (unpaired) electrons. The maximum Gasteiger partial charge on any atom is 0.104 e. The maximum absolute atomic E-state index is 4.41. The molecule has 20 heavy (non-hydrogen) atoms. The van der Waals surface area contributed by atoms with Crippen LogP contribution in [0.4, 0.5) is 0 Å². The average molecular weight is 276 g/mol. The summed E-state index contributed by atoms with van der Waals surface area (Å²) in [7, 11) is 6.83. The molecule has 0 bridgehead atoms. The van der Waals surface area contributed by atoms with Crippen molar-refractivity contribution < 1.29 is 4.48 Å². The minimum Gasteiger partial charge on any atom is -0.327 e. The molecule has 0 aromatic carbocycles. The summed E-state index contributed by atoms with van der Waals surface area (Å²) in [6.07, 6.45) is 8.39. The van der Waals surface area contributed by atoms with Gasteiger partial charge in [-0.15, -0.1) is 0 Å². The molecule has 3 unspecified atom stereocenters. The molecule has 2 aliphatic rings. The molecule has 0 N–H and O–H groups in total. The Labute approximate surface area is 126 Å². The summed E-state index contributed by atoms with van der Waals surface area (Å²) in [4.78, 5) is 0. The van der Waals surface area contributed by atoms with E-state index in [0.717, 1.165) is 28.8 Å². The number of hydrogen-bond donors (Lipinski definition) is 0. The van der Waals surface area contributed by atoms with Crippen molar-refractivity contribution >= 4 is 0 Å². The molecule has 0 aromatic heterocycles. The van der Waals surface area contributed by atoms with E-state index in [1.807, 2.05) is 0 Å². The summed E-state index contributed by atoms with van der Waals surface area (Å²) in [5, 5.41) is 0. The molecule has 1 nitrogen and oxygen atoms in total. The van der Waals surface area contributed by atoms with E-state index in [-0.39, 0.29) is 0 Å².